The van der Waals surface area contributed by atoms with Gasteiger partial charge in [-0.2, -0.15) is 13.2 Å². The van der Waals surface area contributed by atoms with Gasteiger partial charge in [-0.15, -0.1) is 0 Å². The van der Waals surface area contributed by atoms with E-state index in [1.165, 1.54) is 40.9 Å². The molecule has 364 valence electrons. The number of carbonyl (C=O) groups is 7. The van der Waals surface area contributed by atoms with Gasteiger partial charge in [0, 0.05) is 43.5 Å². The standard InChI is InChI=1S/C44H62Cl2F5N7O7/c1-8-29(53-35(60)33-23-43(47,48)24-58(33)40(65)42(44(49,50)51)17-11-9-12-18-42)37(62)56(6)31-14-10-13-19-52-39(64)41(4,5)55-36(61)32(22-26-21-27(45)15-16-28(26)46)57(7)38(63)30(20-25(2)3)54-34(31)59/h15-16,21,25,29-33H,8-14,17-20,22-24H2,1-7H3,(H,52,64)(H,53,60)(H,54,59)(H,55,61)/t29-,30-,31-,32-,33-/m0/s1. The Kier molecular flexibility index (Phi) is 17.7. The average Bonchev–Trinajstić information content (AvgIpc) is 3.56. The van der Waals surface area contributed by atoms with Crippen molar-refractivity contribution in [2.45, 2.75) is 160 Å². The normalized spacial score (nSPS) is 25.0. The van der Waals surface area contributed by atoms with Gasteiger partial charge in [-0.25, -0.2) is 8.78 Å². The first-order chi connectivity index (χ1) is 30.2. The summed E-state index contributed by atoms with van der Waals surface area (Å²) in [5, 5.41) is 11.2. The van der Waals surface area contributed by atoms with Crippen molar-refractivity contribution in [3.63, 3.8) is 0 Å². The van der Waals surface area contributed by atoms with E-state index in [4.69, 9.17) is 23.2 Å². The van der Waals surface area contributed by atoms with Crippen LogP contribution in [0.2, 0.25) is 10.0 Å². The van der Waals surface area contributed by atoms with Gasteiger partial charge in [0.15, 0.2) is 0 Å². The molecule has 3 aliphatic rings. The number of hydrogen-bond acceptors (Lipinski definition) is 7. The molecular weight excluding hydrogens is 904 g/mol. The molecule has 1 aromatic rings. The van der Waals surface area contributed by atoms with E-state index in [1.54, 1.807) is 12.1 Å². The topological polar surface area (TPSA) is 177 Å². The van der Waals surface area contributed by atoms with Crippen LogP contribution in [0.4, 0.5) is 22.0 Å². The lowest BCUT2D eigenvalue weighted by Gasteiger charge is -2.41. The van der Waals surface area contributed by atoms with Gasteiger partial charge in [0.05, 0.1) is 6.54 Å². The average molecular weight is 967 g/mol. The van der Waals surface area contributed by atoms with Crippen LogP contribution in [0.3, 0.4) is 0 Å². The highest BCUT2D eigenvalue weighted by Crippen LogP contribution is 2.51. The molecule has 0 bridgehead atoms. The van der Waals surface area contributed by atoms with E-state index in [9.17, 15) is 55.5 Å². The van der Waals surface area contributed by atoms with Crippen LogP contribution >= 0.6 is 23.2 Å². The summed E-state index contributed by atoms with van der Waals surface area (Å²) in [4.78, 5) is 101. The number of rotatable bonds is 10. The Hall–Kier alpha value is -4.26. The first-order valence-corrected chi connectivity index (χ1v) is 22.9. The van der Waals surface area contributed by atoms with Crippen LogP contribution in [0.1, 0.15) is 111 Å². The molecule has 5 atom stereocenters. The van der Waals surface area contributed by atoms with Crippen molar-refractivity contribution in [3.05, 3.63) is 33.8 Å². The van der Waals surface area contributed by atoms with Gasteiger partial charge in [0.1, 0.15) is 41.2 Å². The van der Waals surface area contributed by atoms with Crippen molar-refractivity contribution in [1.82, 2.24) is 36.0 Å². The summed E-state index contributed by atoms with van der Waals surface area (Å²) < 4.78 is 73.5. The van der Waals surface area contributed by atoms with Crippen molar-refractivity contribution < 1.29 is 55.5 Å². The van der Waals surface area contributed by atoms with Crippen LogP contribution in [0.15, 0.2) is 18.2 Å². The Morgan fingerprint density at radius 1 is 0.985 bits per heavy atom. The molecule has 7 amide bonds. The number of nitrogens with zero attached hydrogens (tertiary/aromatic N) is 3. The molecule has 1 saturated carbocycles. The number of amides is 7. The summed E-state index contributed by atoms with van der Waals surface area (Å²) in [6.45, 7) is 6.80. The van der Waals surface area contributed by atoms with Crippen molar-refractivity contribution in [1.29, 1.82) is 0 Å². The lowest BCUT2D eigenvalue weighted by atomic mass is 9.72. The second-order valence-corrected chi connectivity index (χ2v) is 19.4. The predicted octanol–water partition coefficient (Wildman–Crippen LogP) is 5.56. The smallest absolute Gasteiger partial charge is 0.354 e. The van der Waals surface area contributed by atoms with Gasteiger partial charge in [-0.05, 0) is 88.5 Å². The molecule has 0 unspecified atom stereocenters. The summed E-state index contributed by atoms with van der Waals surface area (Å²) in [5.41, 5.74) is -3.96. The third kappa shape index (κ3) is 12.8. The molecule has 1 aliphatic carbocycles. The summed E-state index contributed by atoms with van der Waals surface area (Å²) >= 11 is 12.7. The first kappa shape index (κ1) is 53.4. The lowest BCUT2D eigenvalue weighted by Crippen LogP contribution is -2.62. The minimum absolute atomic E-state index is 0.0145. The zero-order valence-electron chi connectivity index (χ0n) is 37.9. The third-order valence-electron chi connectivity index (χ3n) is 12.7. The maximum absolute atomic E-state index is 15.0. The monoisotopic (exact) mass is 965 g/mol. The molecule has 65 heavy (non-hydrogen) atoms. The van der Waals surface area contributed by atoms with Gasteiger partial charge in [-0.3, -0.25) is 33.6 Å². The Labute approximate surface area is 386 Å². The summed E-state index contributed by atoms with van der Waals surface area (Å²) in [5.74, 6) is -10.3. The van der Waals surface area contributed by atoms with Crippen LogP contribution in [-0.2, 0) is 40.0 Å². The van der Waals surface area contributed by atoms with Gasteiger partial charge in [0.2, 0.25) is 41.4 Å². The van der Waals surface area contributed by atoms with Crippen LogP contribution in [0, 0.1) is 11.3 Å². The Bertz CT molecular complexity index is 1950. The minimum Gasteiger partial charge on any atom is -0.354 e. The van der Waals surface area contributed by atoms with Crippen LogP contribution in [0.5, 0.6) is 0 Å². The summed E-state index contributed by atoms with van der Waals surface area (Å²) in [6, 6.07) is -2.68. The number of carbonyl (C=O) groups excluding carboxylic acids is 7. The Balaban J connectivity index is 1.65. The highest BCUT2D eigenvalue weighted by molar-refractivity contribution is 6.33. The van der Waals surface area contributed by atoms with E-state index in [1.807, 2.05) is 13.8 Å². The highest BCUT2D eigenvalue weighted by Gasteiger charge is 2.64. The molecule has 0 spiro atoms. The van der Waals surface area contributed by atoms with E-state index in [-0.39, 0.29) is 62.4 Å². The van der Waals surface area contributed by atoms with E-state index < -0.39 is 120 Å². The van der Waals surface area contributed by atoms with Crippen molar-refractivity contribution in [2.24, 2.45) is 11.3 Å². The van der Waals surface area contributed by atoms with Gasteiger partial charge in [-0.1, -0.05) is 63.2 Å². The minimum atomic E-state index is -5.06. The first-order valence-electron chi connectivity index (χ1n) is 22.1. The quantitative estimate of drug-likeness (QED) is 0.222. The predicted molar refractivity (Wildman–Crippen MR) is 233 cm³/mol. The molecule has 2 aliphatic heterocycles. The fourth-order valence-electron chi connectivity index (χ4n) is 8.83. The van der Waals surface area contributed by atoms with E-state index >= 15 is 0 Å². The summed E-state index contributed by atoms with van der Waals surface area (Å²) in [6.07, 6.45) is -6.67. The molecule has 14 nitrogen and oxygen atoms in total. The molecule has 21 heteroatoms. The number of likely N-dealkylation sites (N-methyl/N-ethyl adjacent to an activating group) is 2. The maximum Gasteiger partial charge on any atom is 0.403 e. The number of nitrogens with one attached hydrogen (secondary N) is 4. The molecular formula is C44H62Cl2F5N7O7. The molecule has 3 fully saturated rings. The SMILES string of the molecule is CC[C@H](NC(=O)[C@@H]1CC(F)(F)CN1C(=O)C1(C(F)(F)F)CCCCC1)C(=O)N(C)[C@H]1CCCCNC(=O)C(C)(C)NC(=O)[C@H](Cc2cc(Cl)ccc2Cl)N(C)C(=O)[C@H](CC(C)C)NC1=O. The molecule has 4 N–H and O–H groups in total. The Morgan fingerprint density at radius 3 is 2.23 bits per heavy atom. The van der Waals surface area contributed by atoms with Crippen LogP contribution < -0.4 is 21.3 Å². The molecule has 0 radical (unpaired) electrons. The number of halogens is 7. The van der Waals surface area contributed by atoms with Crippen molar-refractivity contribution in [3.8, 4) is 0 Å². The number of likely N-dealkylation sites (tertiary alicyclic amines) is 1. The third-order valence-corrected chi connectivity index (χ3v) is 13.3. The zero-order chi connectivity index (χ0) is 48.8. The fourth-order valence-corrected chi connectivity index (χ4v) is 9.22. The van der Waals surface area contributed by atoms with Crippen molar-refractivity contribution in [2.75, 3.05) is 27.2 Å². The molecule has 4 rings (SSSR count). The van der Waals surface area contributed by atoms with E-state index in [0.717, 1.165) is 9.80 Å². The second-order valence-electron chi connectivity index (χ2n) is 18.5. The largest absolute Gasteiger partial charge is 0.403 e. The maximum atomic E-state index is 15.0. The number of hydrogen-bond donors (Lipinski definition) is 4. The lowest BCUT2D eigenvalue weighted by molar-refractivity contribution is -0.236. The van der Waals surface area contributed by atoms with Gasteiger partial charge in [0.25, 0.3) is 5.92 Å². The van der Waals surface area contributed by atoms with Gasteiger partial charge >= 0.3 is 6.18 Å². The number of alkyl halides is 5. The Morgan fingerprint density at radius 2 is 1.63 bits per heavy atom. The molecule has 1 aromatic carbocycles. The molecule has 2 heterocycles. The molecule has 2 saturated heterocycles. The molecule has 0 aromatic heterocycles. The zero-order valence-corrected chi connectivity index (χ0v) is 39.5. The second kappa shape index (κ2) is 21.6. The van der Waals surface area contributed by atoms with Crippen molar-refractivity contribution >= 4 is 64.6 Å². The fraction of sp³-hybridized carbons (Fsp3) is 0.705. The number of benzene rings is 1. The van der Waals surface area contributed by atoms with Crippen LogP contribution in [-0.4, -0.2) is 131 Å². The van der Waals surface area contributed by atoms with Crippen LogP contribution in [0.25, 0.3) is 0 Å². The van der Waals surface area contributed by atoms with Gasteiger partial charge < -0.3 is 36.0 Å². The summed E-state index contributed by atoms with van der Waals surface area (Å²) in [7, 11) is 2.65. The van der Waals surface area contributed by atoms with E-state index in [2.05, 4.69) is 21.3 Å². The highest BCUT2D eigenvalue weighted by atomic mass is 35.5. The van der Waals surface area contributed by atoms with E-state index in [0.29, 0.717) is 28.3 Å².